The quantitative estimate of drug-likeness (QED) is 0.376. The van der Waals surface area contributed by atoms with Crippen molar-refractivity contribution in [2.24, 2.45) is 0 Å². The van der Waals surface area contributed by atoms with Gasteiger partial charge in [0.05, 0.1) is 7.11 Å². The lowest BCUT2D eigenvalue weighted by molar-refractivity contribution is -0.813. The molecule has 0 saturated heterocycles. The molecule has 0 aliphatic heterocycles. The zero-order chi connectivity index (χ0) is 15.5. The van der Waals surface area contributed by atoms with Crippen LogP contribution in [0.3, 0.4) is 0 Å². The minimum Gasteiger partial charge on any atom is -0.467 e. The Kier molecular flexibility index (Phi) is 4.29. The van der Waals surface area contributed by atoms with E-state index in [2.05, 4.69) is 15.0 Å². The number of methoxy groups -OCH3 is 1. The van der Waals surface area contributed by atoms with Gasteiger partial charge in [0, 0.05) is 14.1 Å². The van der Waals surface area contributed by atoms with Crippen LogP contribution in [0, 0.1) is 20.2 Å². The zero-order valence-electron chi connectivity index (χ0n) is 10.9. The predicted molar refractivity (Wildman–Crippen MR) is 63.5 cm³/mol. The van der Waals surface area contributed by atoms with Crippen molar-refractivity contribution >= 4 is 5.95 Å². The largest absolute Gasteiger partial charge is 0.539 e. The number of aliphatic hydroxyl groups excluding tert-OH is 1. The van der Waals surface area contributed by atoms with Gasteiger partial charge in [-0.2, -0.15) is 15.0 Å². The zero-order valence-corrected chi connectivity index (χ0v) is 10.9. The van der Waals surface area contributed by atoms with Gasteiger partial charge in [-0.1, -0.05) is 0 Å². The molecule has 0 fully saturated rings. The first-order valence-electron chi connectivity index (χ1n) is 5.17. The molecule has 0 bridgehead atoms. The summed E-state index contributed by atoms with van der Waals surface area (Å²) in [5, 5.41) is 31.2. The van der Waals surface area contributed by atoms with E-state index >= 15 is 0 Å². The van der Waals surface area contributed by atoms with Crippen molar-refractivity contribution in [1.82, 2.24) is 15.0 Å². The molecule has 1 N–H and O–H groups in total. The topological polar surface area (TPSA) is 158 Å². The summed E-state index contributed by atoms with van der Waals surface area (Å²) in [6.07, 6.45) is 0. The van der Waals surface area contributed by atoms with Gasteiger partial charge >= 0.3 is 11.7 Å². The molecule has 0 aliphatic rings. The molecule has 12 nitrogen and oxygen atoms in total. The van der Waals surface area contributed by atoms with Crippen LogP contribution in [0.1, 0.15) is 5.82 Å². The molecule has 0 amide bonds. The van der Waals surface area contributed by atoms with Gasteiger partial charge in [-0.25, -0.2) is 0 Å². The Bertz CT molecular complexity index is 520. The van der Waals surface area contributed by atoms with Crippen LogP contribution in [-0.2, 0) is 5.66 Å². The Morgan fingerprint density at radius 3 is 2.15 bits per heavy atom. The predicted octanol–water partition coefficient (Wildman–Crippen LogP) is -1.36. The second-order valence-electron chi connectivity index (χ2n) is 3.83. The van der Waals surface area contributed by atoms with Gasteiger partial charge in [0.25, 0.3) is 5.82 Å². The molecule has 1 heterocycles. The molecule has 20 heavy (non-hydrogen) atoms. The van der Waals surface area contributed by atoms with E-state index in [9.17, 15) is 20.2 Å². The van der Waals surface area contributed by atoms with Crippen molar-refractivity contribution in [1.29, 1.82) is 0 Å². The lowest BCUT2D eigenvalue weighted by Crippen LogP contribution is -2.48. The lowest BCUT2D eigenvalue weighted by atomic mass is 10.2. The first-order chi connectivity index (χ1) is 9.29. The number of anilines is 1. The van der Waals surface area contributed by atoms with E-state index in [4.69, 9.17) is 9.84 Å². The van der Waals surface area contributed by atoms with Crippen molar-refractivity contribution in [3.05, 3.63) is 26.1 Å². The van der Waals surface area contributed by atoms with Crippen LogP contribution in [0.5, 0.6) is 6.01 Å². The van der Waals surface area contributed by atoms with Gasteiger partial charge in [0.1, 0.15) is 9.85 Å². The van der Waals surface area contributed by atoms with Gasteiger partial charge in [0.15, 0.2) is 6.61 Å². The van der Waals surface area contributed by atoms with E-state index in [1.54, 1.807) is 0 Å². The third-order valence-corrected chi connectivity index (χ3v) is 2.37. The molecule has 0 unspecified atom stereocenters. The monoisotopic (exact) mass is 288 g/mol. The summed E-state index contributed by atoms with van der Waals surface area (Å²) in [7, 11) is 4.24. The third kappa shape index (κ3) is 2.40. The maximum atomic E-state index is 11.0. The average Bonchev–Trinajstić information content (AvgIpc) is 2.38. The molecule has 0 aromatic carbocycles. The van der Waals surface area contributed by atoms with E-state index in [1.165, 1.54) is 26.1 Å². The van der Waals surface area contributed by atoms with E-state index in [-0.39, 0.29) is 12.0 Å². The highest BCUT2D eigenvalue weighted by Gasteiger charge is 2.61. The normalized spacial score (nSPS) is 11.0. The molecule has 0 saturated carbocycles. The fourth-order valence-corrected chi connectivity index (χ4v) is 1.23. The number of nitro groups is 2. The van der Waals surface area contributed by atoms with Gasteiger partial charge in [-0.3, -0.25) is 20.2 Å². The molecule has 0 atom stereocenters. The Hall–Kier alpha value is -2.63. The molecule has 1 aromatic heterocycles. The number of ether oxygens (including phenoxy) is 1. The number of rotatable bonds is 6. The second kappa shape index (κ2) is 5.56. The second-order valence-corrected chi connectivity index (χ2v) is 3.83. The Labute approximate surface area is 112 Å². The highest BCUT2D eigenvalue weighted by Crippen LogP contribution is 2.24. The fraction of sp³-hybridized carbons (Fsp3) is 0.625. The summed E-state index contributed by atoms with van der Waals surface area (Å²) in [6, 6.07) is -0.333. The van der Waals surface area contributed by atoms with Crippen LogP contribution in [0.15, 0.2) is 0 Å². The number of nitrogens with zero attached hydrogens (tertiary/aromatic N) is 6. The van der Waals surface area contributed by atoms with Crippen LogP contribution < -0.4 is 9.64 Å². The Morgan fingerprint density at radius 1 is 1.25 bits per heavy atom. The molecule has 12 heteroatoms. The summed E-state index contributed by atoms with van der Waals surface area (Å²) in [5.41, 5.74) is -3.07. The van der Waals surface area contributed by atoms with E-state index in [0.29, 0.717) is 0 Å². The summed E-state index contributed by atoms with van der Waals surface area (Å²) in [6.45, 7) is -1.41. The molecule has 0 aliphatic carbocycles. The lowest BCUT2D eigenvalue weighted by Gasteiger charge is -2.16. The molecule has 0 radical (unpaired) electrons. The molecule has 110 valence electrons. The fourth-order valence-electron chi connectivity index (χ4n) is 1.23. The molecule has 1 rings (SSSR count). The first kappa shape index (κ1) is 15.4. The minimum atomic E-state index is -3.07. The van der Waals surface area contributed by atoms with E-state index in [1.807, 2.05) is 0 Å². The van der Waals surface area contributed by atoms with Crippen molar-refractivity contribution in [3.8, 4) is 6.01 Å². The summed E-state index contributed by atoms with van der Waals surface area (Å²) >= 11 is 0. The van der Waals surface area contributed by atoms with Crippen LogP contribution >= 0.6 is 0 Å². The van der Waals surface area contributed by atoms with Crippen molar-refractivity contribution in [2.75, 3.05) is 32.7 Å². The standard InChI is InChI=1S/C8H12N6O6/c1-12(2)6-9-5(10-7(11-6)20-3)8(4-15,13(16)17)14(18)19/h15H,4H2,1-3H3. The molecule has 0 spiro atoms. The number of hydrogen-bond acceptors (Lipinski definition) is 10. The van der Waals surface area contributed by atoms with Crippen LogP contribution in [-0.4, -0.2) is 57.7 Å². The number of aliphatic hydroxyl groups is 1. The third-order valence-electron chi connectivity index (χ3n) is 2.37. The highest BCUT2D eigenvalue weighted by atomic mass is 16.7. The summed E-state index contributed by atoms with van der Waals surface area (Å²) in [4.78, 5) is 31.8. The van der Waals surface area contributed by atoms with Crippen molar-refractivity contribution in [2.45, 2.75) is 5.66 Å². The van der Waals surface area contributed by atoms with Gasteiger partial charge in [-0.15, -0.1) is 0 Å². The van der Waals surface area contributed by atoms with Gasteiger partial charge < -0.3 is 14.7 Å². The number of aromatic nitrogens is 3. The molecule has 1 aromatic rings. The van der Waals surface area contributed by atoms with E-state index < -0.39 is 27.9 Å². The smallest absolute Gasteiger partial charge is 0.467 e. The number of hydrogen-bond donors (Lipinski definition) is 1. The van der Waals surface area contributed by atoms with Crippen LogP contribution in [0.4, 0.5) is 5.95 Å². The highest BCUT2D eigenvalue weighted by molar-refractivity contribution is 5.28. The van der Waals surface area contributed by atoms with Crippen molar-refractivity contribution in [3.63, 3.8) is 0 Å². The first-order valence-corrected chi connectivity index (χ1v) is 5.17. The Balaban J connectivity index is 3.59. The van der Waals surface area contributed by atoms with Crippen LogP contribution in [0.25, 0.3) is 0 Å². The average molecular weight is 288 g/mol. The van der Waals surface area contributed by atoms with Crippen molar-refractivity contribution < 1.29 is 19.7 Å². The SMILES string of the molecule is COc1nc(N(C)C)nc(C(CO)([N+](=O)[O-])[N+](=O)[O-])n1. The van der Waals surface area contributed by atoms with Gasteiger partial charge in [-0.05, 0) is 0 Å². The summed E-state index contributed by atoms with van der Waals surface area (Å²) < 4.78 is 4.73. The maximum absolute atomic E-state index is 11.0. The Morgan fingerprint density at radius 2 is 1.80 bits per heavy atom. The minimum absolute atomic E-state index is 0.0756. The maximum Gasteiger partial charge on any atom is 0.539 e. The summed E-state index contributed by atoms with van der Waals surface area (Å²) in [5.74, 6) is -0.890. The molecular weight excluding hydrogens is 276 g/mol. The van der Waals surface area contributed by atoms with E-state index in [0.717, 1.165) is 0 Å². The molecular formula is C8H12N6O6. The van der Waals surface area contributed by atoms with Gasteiger partial charge in [0.2, 0.25) is 5.95 Å². The van der Waals surface area contributed by atoms with Crippen LogP contribution in [0.2, 0.25) is 0 Å².